The molecule has 24 heavy (non-hydrogen) atoms. The normalized spacial score (nSPS) is 28.5. The largest absolute Gasteiger partial charge is 0.481 e. The summed E-state index contributed by atoms with van der Waals surface area (Å²) in [7, 11) is 0. The molecule has 1 saturated carbocycles. The molecule has 3 rings (SSSR count). The molecule has 0 aromatic rings. The summed E-state index contributed by atoms with van der Waals surface area (Å²) in [5.41, 5.74) is -1.00. The van der Waals surface area contributed by atoms with Gasteiger partial charge >= 0.3 is 12.1 Å². The monoisotopic (exact) mass is 341 g/mol. The Morgan fingerprint density at radius 2 is 1.71 bits per heavy atom. The lowest BCUT2D eigenvalue weighted by Gasteiger charge is -2.43. The molecule has 0 radical (unpaired) electrons. The summed E-state index contributed by atoms with van der Waals surface area (Å²) >= 11 is 0. The lowest BCUT2D eigenvalue weighted by atomic mass is 9.66. The number of hydrogen-bond donors (Lipinski definition) is 1. The van der Waals surface area contributed by atoms with Gasteiger partial charge in [-0.15, -0.1) is 0 Å². The van der Waals surface area contributed by atoms with Crippen molar-refractivity contribution in [1.29, 1.82) is 0 Å². The Morgan fingerprint density at radius 3 is 2.21 bits per heavy atom. The van der Waals surface area contributed by atoms with Gasteiger partial charge in [0.1, 0.15) is 5.60 Å². The van der Waals surface area contributed by atoms with Crippen LogP contribution < -0.4 is 0 Å². The second-order valence-electron chi connectivity index (χ2n) is 8.22. The second kappa shape index (κ2) is 5.88. The molecule has 1 atom stereocenters. The van der Waals surface area contributed by atoms with Crippen LogP contribution in [0.15, 0.2) is 0 Å². The Morgan fingerprint density at radius 1 is 1.12 bits per heavy atom. The highest BCUT2D eigenvalue weighted by Gasteiger charge is 2.56. The molecule has 7 nitrogen and oxygen atoms in total. The third-order valence-corrected chi connectivity index (χ3v) is 5.42. The Bertz CT molecular complexity index is 510. The predicted molar refractivity (Wildman–Crippen MR) is 84.5 cm³/mol. The third-order valence-electron chi connectivity index (χ3n) is 5.42. The molecular weight excluding hydrogens is 314 g/mol. The summed E-state index contributed by atoms with van der Waals surface area (Å²) in [5.74, 6) is -1.94. The van der Waals surface area contributed by atoms with Gasteiger partial charge in [-0.1, -0.05) is 0 Å². The predicted octanol–water partition coefficient (Wildman–Crippen LogP) is 2.24. The molecule has 3 aliphatic rings. The number of carboxylic acids is 1. The van der Waals surface area contributed by atoms with Crippen molar-refractivity contribution in [2.24, 2.45) is 11.3 Å². The van der Waals surface area contributed by atoms with Crippen molar-refractivity contribution in [2.75, 3.05) is 26.3 Å². The molecule has 3 fully saturated rings. The summed E-state index contributed by atoms with van der Waals surface area (Å²) in [6.07, 6.45) is 2.30. The Balaban J connectivity index is 1.72. The van der Waals surface area contributed by atoms with Crippen LogP contribution in [0.4, 0.5) is 4.79 Å². The van der Waals surface area contributed by atoms with Crippen LogP contribution in [0.1, 0.15) is 46.5 Å². The molecule has 2 aliphatic heterocycles. The fraction of sp³-hybridized carbons (Fsp3) is 0.882. The Kier molecular flexibility index (Phi) is 4.28. The zero-order valence-corrected chi connectivity index (χ0v) is 14.7. The fourth-order valence-electron chi connectivity index (χ4n) is 4.20. The average molecular weight is 341 g/mol. The van der Waals surface area contributed by atoms with Crippen molar-refractivity contribution in [2.45, 2.75) is 57.8 Å². The lowest BCUT2D eigenvalue weighted by Crippen LogP contribution is -2.45. The van der Waals surface area contributed by atoms with Crippen LogP contribution >= 0.6 is 0 Å². The van der Waals surface area contributed by atoms with Crippen molar-refractivity contribution in [1.82, 2.24) is 4.90 Å². The van der Waals surface area contributed by atoms with E-state index in [1.807, 2.05) is 20.8 Å². The highest BCUT2D eigenvalue weighted by Crippen LogP contribution is 2.52. The first-order valence-electron chi connectivity index (χ1n) is 8.64. The van der Waals surface area contributed by atoms with E-state index in [4.69, 9.17) is 14.2 Å². The van der Waals surface area contributed by atoms with Gasteiger partial charge in [0.05, 0.1) is 19.1 Å². The maximum atomic E-state index is 12.4. The van der Waals surface area contributed by atoms with Crippen LogP contribution in [0.2, 0.25) is 0 Å². The summed E-state index contributed by atoms with van der Waals surface area (Å²) in [5, 5.41) is 9.68. The topological polar surface area (TPSA) is 85.3 Å². The quantitative estimate of drug-likeness (QED) is 0.787. The van der Waals surface area contributed by atoms with Crippen LogP contribution in [0.5, 0.6) is 0 Å². The van der Waals surface area contributed by atoms with Crippen molar-refractivity contribution in [3.05, 3.63) is 0 Å². The van der Waals surface area contributed by atoms with Crippen molar-refractivity contribution in [3.8, 4) is 0 Å². The Labute approximate surface area is 142 Å². The summed E-state index contributed by atoms with van der Waals surface area (Å²) in [6.45, 7) is 7.26. The maximum Gasteiger partial charge on any atom is 0.410 e. The smallest absolute Gasteiger partial charge is 0.410 e. The van der Waals surface area contributed by atoms with Crippen LogP contribution in [0.3, 0.4) is 0 Å². The summed E-state index contributed by atoms with van der Waals surface area (Å²) < 4.78 is 16.9. The van der Waals surface area contributed by atoms with Gasteiger partial charge in [-0.25, -0.2) is 4.79 Å². The van der Waals surface area contributed by atoms with E-state index in [1.54, 1.807) is 4.90 Å². The molecule has 1 amide bonds. The maximum absolute atomic E-state index is 12.4. The minimum absolute atomic E-state index is 0.207. The first-order valence-corrected chi connectivity index (χ1v) is 8.64. The highest BCUT2D eigenvalue weighted by molar-refractivity contribution is 5.75. The fourth-order valence-corrected chi connectivity index (χ4v) is 4.20. The van der Waals surface area contributed by atoms with Gasteiger partial charge in [-0.2, -0.15) is 0 Å². The molecule has 0 aromatic heterocycles. The number of ether oxygens (including phenoxy) is 3. The van der Waals surface area contributed by atoms with E-state index in [0.717, 1.165) is 0 Å². The molecule has 0 aromatic carbocycles. The van der Waals surface area contributed by atoms with Gasteiger partial charge < -0.3 is 24.2 Å². The van der Waals surface area contributed by atoms with Gasteiger partial charge in [0.15, 0.2) is 5.79 Å². The lowest BCUT2D eigenvalue weighted by molar-refractivity contribution is -0.195. The molecule has 0 bridgehead atoms. The van der Waals surface area contributed by atoms with E-state index in [-0.39, 0.29) is 6.54 Å². The first-order chi connectivity index (χ1) is 11.1. The number of carbonyl (C=O) groups excluding carboxylic acids is 1. The zero-order valence-electron chi connectivity index (χ0n) is 14.7. The number of carbonyl (C=O) groups is 2. The molecule has 2 heterocycles. The van der Waals surface area contributed by atoms with E-state index in [2.05, 4.69) is 0 Å². The minimum Gasteiger partial charge on any atom is -0.481 e. The molecule has 7 heteroatoms. The SMILES string of the molecule is CC(C)(C)OC(=O)N1CC(C(=O)O)C2(CCC3(CC2)OCCO3)C1. The number of aliphatic carboxylic acids is 1. The number of hydrogen-bond acceptors (Lipinski definition) is 5. The molecule has 2 spiro atoms. The van der Waals surface area contributed by atoms with Crippen LogP contribution in [0.25, 0.3) is 0 Å². The molecule has 136 valence electrons. The van der Waals surface area contributed by atoms with Crippen LogP contribution in [-0.2, 0) is 19.0 Å². The van der Waals surface area contributed by atoms with Gasteiger partial charge in [0.25, 0.3) is 0 Å². The van der Waals surface area contributed by atoms with Gasteiger partial charge in [-0.05, 0) is 33.6 Å². The van der Waals surface area contributed by atoms with E-state index in [1.165, 1.54) is 0 Å². The molecule has 1 N–H and O–H groups in total. The van der Waals surface area contributed by atoms with Gasteiger partial charge in [0, 0.05) is 31.3 Å². The van der Waals surface area contributed by atoms with Crippen molar-refractivity contribution >= 4 is 12.1 Å². The summed E-state index contributed by atoms with van der Waals surface area (Å²) in [4.78, 5) is 25.7. The standard InChI is InChI=1S/C17H27NO6/c1-15(2,3)24-14(21)18-10-12(13(19)20)16(11-18)4-6-17(7-5-16)22-8-9-23-17/h12H,4-11H2,1-3H3,(H,19,20). The van der Waals surface area contributed by atoms with Gasteiger partial charge in [0.2, 0.25) is 0 Å². The molecule has 1 aliphatic carbocycles. The van der Waals surface area contributed by atoms with E-state index >= 15 is 0 Å². The van der Waals surface area contributed by atoms with E-state index in [9.17, 15) is 14.7 Å². The number of rotatable bonds is 1. The second-order valence-corrected chi connectivity index (χ2v) is 8.22. The van der Waals surface area contributed by atoms with Crippen LogP contribution in [-0.4, -0.2) is 59.8 Å². The molecule has 1 unspecified atom stereocenters. The zero-order chi connectivity index (χ0) is 17.6. The Hall–Kier alpha value is -1.34. The average Bonchev–Trinajstić information content (AvgIpc) is 3.06. The number of likely N-dealkylation sites (tertiary alicyclic amines) is 1. The third kappa shape index (κ3) is 3.24. The van der Waals surface area contributed by atoms with Crippen molar-refractivity contribution < 1.29 is 28.9 Å². The number of amides is 1. The highest BCUT2D eigenvalue weighted by atomic mass is 16.7. The number of nitrogens with zero attached hydrogens (tertiary/aromatic N) is 1. The number of carboxylic acid groups (broad SMARTS) is 1. The van der Waals surface area contributed by atoms with Gasteiger partial charge in [-0.3, -0.25) is 4.79 Å². The first kappa shape index (κ1) is 17.5. The van der Waals surface area contributed by atoms with Crippen molar-refractivity contribution in [3.63, 3.8) is 0 Å². The molecule has 2 saturated heterocycles. The molecular formula is C17H27NO6. The van der Waals surface area contributed by atoms with Crippen LogP contribution in [0, 0.1) is 11.3 Å². The minimum atomic E-state index is -0.842. The van der Waals surface area contributed by atoms with E-state index in [0.29, 0.717) is 45.4 Å². The summed E-state index contributed by atoms with van der Waals surface area (Å²) in [6, 6.07) is 0. The van der Waals surface area contributed by atoms with E-state index < -0.39 is 34.8 Å².